The SMILES string of the molecule is Cc1cccc2cc3c(cc12)oc1c(-c2nc4cccc5c6ccccc6c6ccccc6c6ccccc6n2c45)[c-]ccc13.[Ir].[c-]1ccccc1-c1ccccn1. The molecule has 1 radical (unpaired) electrons. The Hall–Kier alpha value is -6.91. The summed E-state index contributed by atoms with van der Waals surface area (Å²) in [7, 11) is 0. The van der Waals surface area contributed by atoms with Crippen molar-refractivity contribution in [2.75, 3.05) is 0 Å². The molecule has 4 nitrogen and oxygen atoms in total. The van der Waals surface area contributed by atoms with Gasteiger partial charge in [-0.25, -0.2) is 0 Å². The average molecular weight is 920 g/mol. The molecule has 0 saturated carbocycles. The molecule has 0 atom stereocenters. The maximum absolute atomic E-state index is 6.74. The number of imidazole rings is 1. The topological polar surface area (TPSA) is 43.3 Å². The van der Waals surface area contributed by atoms with E-state index in [0.29, 0.717) is 0 Å². The molecule has 0 saturated heterocycles. The number of furan rings is 1. The Bertz CT molecular complexity index is 3500. The second-order valence-electron chi connectivity index (χ2n) is 14.4. The Labute approximate surface area is 348 Å². The van der Waals surface area contributed by atoms with Crippen LogP contribution in [0.15, 0.2) is 187 Å². The van der Waals surface area contributed by atoms with E-state index in [4.69, 9.17) is 9.40 Å². The van der Waals surface area contributed by atoms with Crippen LogP contribution in [-0.2, 0) is 20.1 Å². The summed E-state index contributed by atoms with van der Waals surface area (Å²) >= 11 is 0. The number of aryl methyl sites for hydroxylation is 1. The van der Waals surface area contributed by atoms with E-state index >= 15 is 0 Å². The van der Waals surface area contributed by atoms with Crippen LogP contribution >= 0.6 is 0 Å². The van der Waals surface area contributed by atoms with E-state index in [-0.39, 0.29) is 20.1 Å². The van der Waals surface area contributed by atoms with E-state index in [0.717, 1.165) is 71.9 Å². The first-order valence-electron chi connectivity index (χ1n) is 19.2. The predicted octanol–water partition coefficient (Wildman–Crippen LogP) is 13.9. The van der Waals surface area contributed by atoms with Crippen LogP contribution in [0.25, 0.3) is 104 Å². The van der Waals surface area contributed by atoms with Gasteiger partial charge in [-0.15, -0.1) is 54.1 Å². The van der Waals surface area contributed by atoms with E-state index in [1.165, 1.54) is 37.9 Å². The summed E-state index contributed by atoms with van der Waals surface area (Å²) < 4.78 is 9.07. The fourth-order valence-electron chi connectivity index (χ4n) is 8.46. The minimum atomic E-state index is 0. The van der Waals surface area contributed by atoms with Gasteiger partial charge in [-0.2, -0.15) is 0 Å². The number of rotatable bonds is 2. The maximum Gasteiger partial charge on any atom is 0.121 e. The summed E-state index contributed by atoms with van der Waals surface area (Å²) in [6.07, 6.45) is 1.79. The van der Waals surface area contributed by atoms with Crippen LogP contribution < -0.4 is 0 Å². The number of para-hydroxylation sites is 2. The summed E-state index contributed by atoms with van der Waals surface area (Å²) in [6, 6.07) is 67.9. The summed E-state index contributed by atoms with van der Waals surface area (Å²) in [5.41, 5.74) is 8.84. The van der Waals surface area contributed by atoms with Gasteiger partial charge in [0.05, 0.1) is 22.4 Å². The largest absolute Gasteiger partial charge is 0.501 e. The van der Waals surface area contributed by atoms with Crippen molar-refractivity contribution in [3.63, 3.8) is 0 Å². The summed E-state index contributed by atoms with van der Waals surface area (Å²) in [5, 5.41) is 11.7. The molecule has 0 bridgehead atoms. The molecule has 0 amide bonds. The molecule has 4 aromatic heterocycles. The first-order valence-corrected chi connectivity index (χ1v) is 19.2. The van der Waals surface area contributed by atoms with Gasteiger partial charge in [0.2, 0.25) is 0 Å². The number of fused-ring (bicyclic) bond motifs is 11. The van der Waals surface area contributed by atoms with Gasteiger partial charge < -0.3 is 13.8 Å². The van der Waals surface area contributed by atoms with E-state index in [2.05, 4.69) is 156 Å². The number of hydrogen-bond donors (Lipinski definition) is 0. The van der Waals surface area contributed by atoms with Gasteiger partial charge in [-0.1, -0.05) is 120 Å². The third kappa shape index (κ3) is 5.78. The summed E-state index contributed by atoms with van der Waals surface area (Å²) in [5.74, 6) is 0.812. The number of hydrogen-bond acceptors (Lipinski definition) is 3. The molecule has 0 spiro atoms. The smallest absolute Gasteiger partial charge is 0.121 e. The van der Waals surface area contributed by atoms with Crippen molar-refractivity contribution >= 4 is 81.6 Å². The summed E-state index contributed by atoms with van der Waals surface area (Å²) in [4.78, 5) is 9.58. The zero-order valence-electron chi connectivity index (χ0n) is 31.4. The number of benzene rings is 8. The van der Waals surface area contributed by atoms with Crippen molar-refractivity contribution in [2.45, 2.75) is 6.92 Å². The Morgan fingerprint density at radius 1 is 0.534 bits per heavy atom. The molecular weight excluding hydrogens is 887 g/mol. The molecule has 277 valence electrons. The van der Waals surface area contributed by atoms with Crippen molar-refractivity contribution in [3.05, 3.63) is 200 Å². The molecule has 12 aromatic rings. The molecule has 0 aliphatic heterocycles. The zero-order chi connectivity index (χ0) is 37.9. The van der Waals surface area contributed by atoms with Gasteiger partial charge in [0.25, 0.3) is 0 Å². The van der Waals surface area contributed by atoms with Crippen LogP contribution in [0.4, 0.5) is 0 Å². The first-order chi connectivity index (χ1) is 28.2. The van der Waals surface area contributed by atoms with Gasteiger partial charge >= 0.3 is 0 Å². The number of aromatic nitrogens is 3. The van der Waals surface area contributed by atoms with E-state index in [1.807, 2.05) is 48.5 Å². The minimum Gasteiger partial charge on any atom is -0.501 e. The molecule has 4 heterocycles. The molecule has 0 N–H and O–H groups in total. The van der Waals surface area contributed by atoms with Crippen molar-refractivity contribution in [2.24, 2.45) is 0 Å². The molecule has 5 heteroatoms. The second kappa shape index (κ2) is 14.5. The molecule has 0 aliphatic carbocycles. The maximum atomic E-state index is 6.74. The van der Waals surface area contributed by atoms with Crippen molar-refractivity contribution in [3.8, 4) is 22.6 Å². The van der Waals surface area contributed by atoms with Crippen LogP contribution in [0.1, 0.15) is 5.56 Å². The monoisotopic (exact) mass is 920 g/mol. The van der Waals surface area contributed by atoms with Crippen LogP contribution in [0.5, 0.6) is 0 Å². The fraction of sp³-hybridized carbons (Fsp3) is 0.0189. The standard InChI is InChI=1S/C42H25N2O.C11H8N.Ir/c1-25-11-8-12-26-23-36-33-19-9-20-34(41(33)45-39(36)24-35(25)26)42-43-37-21-10-18-32-30-16-5-3-14-28(30)27-13-2-4-15-29(27)31-17-6-7-22-38(31)44(42)40(32)37;1-2-6-10(7-3-1)11-8-4-5-9-12-11;/h2-19,21-24H,1H3;1-6,8-9H;/q2*-1;. The van der Waals surface area contributed by atoms with Gasteiger partial charge in [-0.3, -0.25) is 4.98 Å². The van der Waals surface area contributed by atoms with Crippen LogP contribution in [0.3, 0.4) is 0 Å². The number of pyridine rings is 1. The Morgan fingerprint density at radius 2 is 1.22 bits per heavy atom. The molecule has 0 aliphatic rings. The van der Waals surface area contributed by atoms with E-state index < -0.39 is 0 Å². The average Bonchev–Trinajstić information content (AvgIpc) is 3.86. The zero-order valence-corrected chi connectivity index (χ0v) is 33.8. The van der Waals surface area contributed by atoms with E-state index in [9.17, 15) is 0 Å². The minimum absolute atomic E-state index is 0. The first kappa shape index (κ1) is 35.5. The Kier molecular flexibility index (Phi) is 8.90. The molecule has 12 rings (SSSR count). The molecular formula is C53H33IrN3O-2. The van der Waals surface area contributed by atoms with Crippen molar-refractivity contribution < 1.29 is 24.5 Å². The third-order valence-electron chi connectivity index (χ3n) is 11.1. The van der Waals surface area contributed by atoms with E-state index in [1.54, 1.807) is 6.20 Å². The molecule has 0 unspecified atom stereocenters. The van der Waals surface area contributed by atoms with Crippen molar-refractivity contribution in [1.82, 2.24) is 14.4 Å². The Balaban J connectivity index is 0.000000270. The van der Waals surface area contributed by atoms with Gasteiger partial charge in [0.15, 0.2) is 0 Å². The normalized spacial score (nSPS) is 11.4. The Morgan fingerprint density at radius 3 is 1.98 bits per heavy atom. The van der Waals surface area contributed by atoms with Gasteiger partial charge in [0.1, 0.15) is 5.58 Å². The molecule has 0 fully saturated rings. The predicted molar refractivity (Wildman–Crippen MR) is 236 cm³/mol. The summed E-state index contributed by atoms with van der Waals surface area (Å²) in [6.45, 7) is 2.15. The van der Waals surface area contributed by atoms with Crippen LogP contribution in [0, 0.1) is 19.1 Å². The second-order valence-corrected chi connectivity index (χ2v) is 14.4. The quantitative estimate of drug-likeness (QED) is 0.162. The van der Waals surface area contributed by atoms with Gasteiger partial charge in [-0.05, 0) is 80.8 Å². The van der Waals surface area contributed by atoms with Gasteiger partial charge in [0, 0.05) is 48.0 Å². The molecule has 8 aromatic carbocycles. The number of nitrogens with zero attached hydrogens (tertiary/aromatic N) is 3. The molecule has 58 heavy (non-hydrogen) atoms. The third-order valence-corrected chi connectivity index (χ3v) is 11.1. The van der Waals surface area contributed by atoms with Crippen LogP contribution in [0.2, 0.25) is 0 Å². The van der Waals surface area contributed by atoms with Crippen LogP contribution in [-0.4, -0.2) is 14.4 Å². The fourth-order valence-corrected chi connectivity index (χ4v) is 8.46. The van der Waals surface area contributed by atoms with Crippen molar-refractivity contribution in [1.29, 1.82) is 0 Å².